The Bertz CT molecular complexity index is 2420. The molecule has 6 aromatic rings. The van der Waals surface area contributed by atoms with E-state index in [-0.39, 0.29) is 17.6 Å². The van der Waals surface area contributed by atoms with Crippen LogP contribution < -0.4 is 4.90 Å². The Kier molecular flexibility index (Phi) is 12.9. The molecule has 0 unspecified atom stereocenters. The highest BCUT2D eigenvalue weighted by molar-refractivity contribution is 7.28. The van der Waals surface area contributed by atoms with Gasteiger partial charge in [0.1, 0.15) is 16.5 Å². The quantitative estimate of drug-likeness (QED) is 0.0403. The Hall–Kier alpha value is -5.49. The van der Waals surface area contributed by atoms with Gasteiger partial charge in [-0.05, 0) is 102 Å². The number of fused-ring (bicyclic) bond motifs is 4. The number of aliphatic carboxylic acids is 1. The highest BCUT2D eigenvalue weighted by atomic mass is 32.1. The van der Waals surface area contributed by atoms with E-state index in [9.17, 15) is 20.0 Å². The number of nitriles is 1. The molecule has 0 radical (unpaired) electrons. The number of carbonyl (C=O) groups excluding carboxylic acids is 1. The molecular weight excluding hydrogens is 757 g/mol. The van der Waals surface area contributed by atoms with Gasteiger partial charge in [-0.3, -0.25) is 0 Å². The summed E-state index contributed by atoms with van der Waals surface area (Å²) in [6.07, 6.45) is 12.8. The number of hydrogen-bond donors (Lipinski definition) is 1. The lowest BCUT2D eigenvalue weighted by molar-refractivity contribution is -0.132. The summed E-state index contributed by atoms with van der Waals surface area (Å²) in [4.78, 5) is 29.4. The van der Waals surface area contributed by atoms with E-state index >= 15 is 0 Å². The van der Waals surface area contributed by atoms with Crippen LogP contribution >= 0.6 is 22.7 Å². The molecule has 2 heterocycles. The Morgan fingerprint density at radius 2 is 1.34 bits per heavy atom. The fraction of sp³-hybridized carbons (Fsp3) is 0.300. The van der Waals surface area contributed by atoms with Crippen LogP contribution in [-0.2, 0) is 14.9 Å². The van der Waals surface area contributed by atoms with E-state index in [1.807, 2.05) is 6.07 Å². The predicted octanol–water partition coefficient (Wildman–Crippen LogP) is 14.5. The fourth-order valence-electron chi connectivity index (χ4n) is 8.56. The Morgan fingerprint density at radius 3 is 1.91 bits per heavy atom. The Balaban J connectivity index is 1.43. The van der Waals surface area contributed by atoms with Crippen LogP contribution in [0.15, 0.2) is 109 Å². The van der Waals surface area contributed by atoms with Crippen LogP contribution in [-0.4, -0.2) is 23.7 Å². The summed E-state index contributed by atoms with van der Waals surface area (Å²) in [7, 11) is 0. The summed E-state index contributed by atoms with van der Waals surface area (Å²) in [5.41, 5.74) is 9.03. The monoisotopic (exact) mass is 806 g/mol. The van der Waals surface area contributed by atoms with Crippen LogP contribution in [0.1, 0.15) is 111 Å². The van der Waals surface area contributed by atoms with Gasteiger partial charge in [0.05, 0.1) is 16.2 Å². The first kappa shape index (κ1) is 40.7. The van der Waals surface area contributed by atoms with Crippen molar-refractivity contribution in [3.8, 4) is 27.6 Å². The number of hydrogen-bond acceptors (Lipinski definition) is 7. The molecule has 0 fully saturated rings. The molecule has 0 spiro atoms. The van der Waals surface area contributed by atoms with E-state index in [1.165, 1.54) is 89.5 Å². The van der Waals surface area contributed by atoms with Gasteiger partial charge < -0.3 is 14.7 Å². The van der Waals surface area contributed by atoms with Crippen LogP contribution in [0.4, 0.5) is 17.1 Å². The summed E-state index contributed by atoms with van der Waals surface area (Å²) >= 11 is 2.83. The lowest BCUT2D eigenvalue weighted by atomic mass is 9.70. The zero-order valence-corrected chi connectivity index (χ0v) is 35.2. The van der Waals surface area contributed by atoms with Gasteiger partial charge in [-0.1, -0.05) is 120 Å². The van der Waals surface area contributed by atoms with Crippen LogP contribution in [0.25, 0.3) is 37.7 Å². The van der Waals surface area contributed by atoms with Crippen molar-refractivity contribution in [2.75, 3.05) is 11.5 Å². The van der Waals surface area contributed by atoms with Crippen molar-refractivity contribution in [1.29, 1.82) is 5.26 Å². The van der Waals surface area contributed by atoms with E-state index in [4.69, 9.17) is 4.74 Å². The molecule has 6 nitrogen and oxygen atoms in total. The van der Waals surface area contributed by atoms with Gasteiger partial charge in [0.25, 0.3) is 0 Å². The number of anilines is 3. The molecule has 0 saturated heterocycles. The van der Waals surface area contributed by atoms with Crippen LogP contribution in [0.5, 0.6) is 0 Å². The number of esters is 1. The summed E-state index contributed by atoms with van der Waals surface area (Å²) in [6, 6.07) is 38.7. The molecule has 0 saturated carbocycles. The standard InChI is InChI=1S/C50H50N2O4S2/c1-4-7-9-17-27-50(28-18-10-8-5-2)42-29-34(46-47-41(32-45(58-47)49(55)56-6-3)44(57-46)30-35(33-51)48(53)54)23-25-39(42)40-26-24-38(31-43(40)50)52(36-19-13-11-14-20-36)37-21-15-12-16-22-37/h11-16,19-26,29-32H,4-10,17-18,27-28H2,1-3H3,(H,53,54)/b35-30-. The Morgan fingerprint density at radius 1 is 0.741 bits per heavy atom. The zero-order valence-electron chi connectivity index (χ0n) is 33.6. The maximum atomic E-state index is 13.0. The van der Waals surface area contributed by atoms with E-state index in [0.29, 0.717) is 9.75 Å². The van der Waals surface area contributed by atoms with Gasteiger partial charge in [0.2, 0.25) is 0 Å². The normalized spacial score (nSPS) is 12.9. The van der Waals surface area contributed by atoms with Gasteiger partial charge in [0.15, 0.2) is 0 Å². The minimum Gasteiger partial charge on any atom is -0.477 e. The third-order valence-corrected chi connectivity index (χ3v) is 13.8. The second-order valence-electron chi connectivity index (χ2n) is 15.0. The maximum absolute atomic E-state index is 13.0. The lowest BCUT2D eigenvalue weighted by Gasteiger charge is -2.34. The first-order valence-corrected chi connectivity index (χ1v) is 22.2. The lowest BCUT2D eigenvalue weighted by Crippen LogP contribution is -2.26. The first-order chi connectivity index (χ1) is 28.3. The average molecular weight is 807 g/mol. The molecular formula is C50H50N2O4S2. The van der Waals surface area contributed by atoms with Crippen LogP contribution in [0, 0.1) is 11.3 Å². The largest absolute Gasteiger partial charge is 0.477 e. The molecule has 58 heavy (non-hydrogen) atoms. The molecule has 1 N–H and O–H groups in total. The van der Waals surface area contributed by atoms with Crippen molar-refractivity contribution in [3.05, 3.63) is 130 Å². The molecule has 4 aromatic carbocycles. The molecule has 0 atom stereocenters. The number of thiophene rings is 2. The molecule has 296 valence electrons. The van der Waals surface area contributed by atoms with Crippen molar-refractivity contribution < 1.29 is 19.4 Å². The van der Waals surface area contributed by atoms with Crippen molar-refractivity contribution >= 4 is 67.8 Å². The second-order valence-corrected chi connectivity index (χ2v) is 17.1. The molecule has 1 aliphatic carbocycles. The molecule has 7 rings (SSSR count). The number of carboxylic acid groups (broad SMARTS) is 1. The second kappa shape index (κ2) is 18.4. The number of para-hydroxylation sites is 2. The number of ether oxygens (including phenoxy) is 1. The smallest absolute Gasteiger partial charge is 0.348 e. The topological polar surface area (TPSA) is 90.6 Å². The molecule has 2 aromatic heterocycles. The molecule has 1 aliphatic rings. The number of carbonyl (C=O) groups is 2. The van der Waals surface area contributed by atoms with Crippen molar-refractivity contribution in [2.24, 2.45) is 0 Å². The summed E-state index contributed by atoms with van der Waals surface area (Å²) in [5, 5.41) is 20.2. The molecule has 0 bridgehead atoms. The predicted molar refractivity (Wildman–Crippen MR) is 241 cm³/mol. The maximum Gasteiger partial charge on any atom is 0.348 e. The SMILES string of the molecule is CCCCCCC1(CCCCCC)c2cc(-c3sc(/C=C(/C#N)C(=O)O)c4cc(C(=O)OCC)sc34)ccc2-c2ccc(N(c3ccccc3)c3ccccc3)cc21. The number of carboxylic acids is 1. The number of nitrogens with zero attached hydrogens (tertiary/aromatic N) is 2. The van der Waals surface area contributed by atoms with E-state index in [0.717, 1.165) is 63.3 Å². The van der Waals surface area contributed by atoms with Crippen molar-refractivity contribution in [2.45, 2.75) is 90.4 Å². The van der Waals surface area contributed by atoms with Gasteiger partial charge >= 0.3 is 11.9 Å². The minimum absolute atomic E-state index is 0.223. The van der Waals surface area contributed by atoms with E-state index < -0.39 is 11.9 Å². The minimum atomic E-state index is -1.28. The third kappa shape index (κ3) is 8.12. The number of rotatable bonds is 18. The molecule has 8 heteroatoms. The molecule has 0 aliphatic heterocycles. The number of unbranched alkanes of at least 4 members (excludes halogenated alkanes) is 6. The van der Waals surface area contributed by atoms with Crippen molar-refractivity contribution in [3.63, 3.8) is 0 Å². The van der Waals surface area contributed by atoms with Crippen molar-refractivity contribution in [1.82, 2.24) is 0 Å². The van der Waals surface area contributed by atoms with Gasteiger partial charge in [-0.15, -0.1) is 22.7 Å². The van der Waals surface area contributed by atoms with Gasteiger partial charge in [-0.2, -0.15) is 5.26 Å². The summed E-state index contributed by atoms with van der Waals surface area (Å²) in [6.45, 7) is 6.56. The van der Waals surface area contributed by atoms with Crippen LogP contribution in [0.2, 0.25) is 0 Å². The highest BCUT2D eigenvalue weighted by Crippen LogP contribution is 2.57. The fourth-order valence-corrected chi connectivity index (χ4v) is 11.0. The average Bonchev–Trinajstić information content (AvgIpc) is 3.91. The molecule has 0 amide bonds. The summed E-state index contributed by atoms with van der Waals surface area (Å²) in [5.74, 6) is -1.69. The zero-order chi connectivity index (χ0) is 40.6. The van der Waals surface area contributed by atoms with E-state index in [2.05, 4.69) is 116 Å². The number of benzene rings is 4. The summed E-state index contributed by atoms with van der Waals surface area (Å²) < 4.78 is 6.27. The van der Waals surface area contributed by atoms with Crippen LogP contribution in [0.3, 0.4) is 0 Å². The van der Waals surface area contributed by atoms with Gasteiger partial charge in [0, 0.05) is 32.7 Å². The Labute approximate surface area is 350 Å². The first-order valence-electron chi connectivity index (χ1n) is 20.6. The highest BCUT2D eigenvalue weighted by Gasteiger charge is 2.43. The van der Waals surface area contributed by atoms with Gasteiger partial charge in [-0.25, -0.2) is 9.59 Å². The van der Waals surface area contributed by atoms with E-state index in [1.54, 1.807) is 13.0 Å². The third-order valence-electron chi connectivity index (χ3n) is 11.3.